The van der Waals surface area contributed by atoms with Gasteiger partial charge in [-0.3, -0.25) is 0 Å². The predicted octanol–water partition coefficient (Wildman–Crippen LogP) is 4.32. The smallest absolute Gasteiger partial charge is 0.126 e. The normalized spacial score (nSPS) is 12.2. The van der Waals surface area contributed by atoms with Gasteiger partial charge >= 0.3 is 0 Å². The molecule has 0 aliphatic rings. The van der Waals surface area contributed by atoms with E-state index in [1.807, 2.05) is 25.1 Å². The summed E-state index contributed by atoms with van der Waals surface area (Å²) in [5.41, 5.74) is 9.63. The minimum atomic E-state index is -0.192. The largest absolute Gasteiger partial charge is 0.377 e. The van der Waals surface area contributed by atoms with Gasteiger partial charge in [0.15, 0.2) is 0 Å². The van der Waals surface area contributed by atoms with Crippen molar-refractivity contribution in [2.75, 3.05) is 11.9 Å². The molecule has 2 aromatic carbocycles. The molecule has 0 aromatic heterocycles. The third kappa shape index (κ3) is 3.58. The molecule has 0 aliphatic carbocycles. The quantitative estimate of drug-likeness (QED) is 0.872. The standard InChI is InChI=1S/C16H18BrFN2/c1-10-5-13(17)8-14(6-10)20-16(9-19)12-3-4-15(18)11(2)7-12/h3-8,16,20H,9,19H2,1-2H3. The van der Waals surface area contributed by atoms with E-state index < -0.39 is 0 Å². The van der Waals surface area contributed by atoms with E-state index in [1.165, 1.54) is 6.07 Å². The van der Waals surface area contributed by atoms with E-state index in [0.29, 0.717) is 12.1 Å². The number of aryl methyl sites for hydroxylation is 2. The van der Waals surface area contributed by atoms with Crippen LogP contribution in [0.4, 0.5) is 10.1 Å². The maximum Gasteiger partial charge on any atom is 0.126 e. The van der Waals surface area contributed by atoms with Gasteiger partial charge in [-0.15, -0.1) is 0 Å². The summed E-state index contributed by atoms with van der Waals surface area (Å²) in [6.45, 7) is 4.24. The number of nitrogens with two attached hydrogens (primary N) is 1. The van der Waals surface area contributed by atoms with Crippen LogP contribution in [0.3, 0.4) is 0 Å². The highest BCUT2D eigenvalue weighted by molar-refractivity contribution is 9.10. The lowest BCUT2D eigenvalue weighted by molar-refractivity contribution is 0.616. The van der Waals surface area contributed by atoms with E-state index in [-0.39, 0.29) is 11.9 Å². The Morgan fingerprint density at radius 2 is 1.95 bits per heavy atom. The van der Waals surface area contributed by atoms with Crippen LogP contribution in [0.2, 0.25) is 0 Å². The summed E-state index contributed by atoms with van der Waals surface area (Å²) in [6.07, 6.45) is 0. The molecule has 20 heavy (non-hydrogen) atoms. The molecular weight excluding hydrogens is 319 g/mol. The third-order valence-corrected chi connectivity index (χ3v) is 3.66. The minimum absolute atomic E-state index is 0.0389. The van der Waals surface area contributed by atoms with Gasteiger partial charge in [0.25, 0.3) is 0 Å². The Hall–Kier alpha value is -1.39. The van der Waals surface area contributed by atoms with E-state index in [4.69, 9.17) is 5.73 Å². The number of anilines is 1. The summed E-state index contributed by atoms with van der Waals surface area (Å²) in [5.74, 6) is -0.192. The summed E-state index contributed by atoms with van der Waals surface area (Å²) >= 11 is 3.48. The highest BCUT2D eigenvalue weighted by atomic mass is 79.9. The van der Waals surface area contributed by atoms with Gasteiger partial charge in [0.05, 0.1) is 6.04 Å². The van der Waals surface area contributed by atoms with Crippen molar-refractivity contribution in [2.24, 2.45) is 5.73 Å². The fourth-order valence-electron chi connectivity index (χ4n) is 2.18. The Morgan fingerprint density at radius 1 is 1.20 bits per heavy atom. The molecule has 2 aromatic rings. The fraction of sp³-hybridized carbons (Fsp3) is 0.250. The molecule has 0 amide bonds. The monoisotopic (exact) mass is 336 g/mol. The minimum Gasteiger partial charge on any atom is -0.377 e. The zero-order chi connectivity index (χ0) is 14.7. The Labute approximate surface area is 127 Å². The van der Waals surface area contributed by atoms with Crippen LogP contribution in [0, 0.1) is 19.7 Å². The second kappa shape index (κ2) is 6.37. The first-order valence-corrected chi connectivity index (χ1v) is 7.28. The molecular formula is C16H18BrFN2. The van der Waals surface area contributed by atoms with Crippen LogP contribution in [0.25, 0.3) is 0 Å². The molecule has 1 unspecified atom stereocenters. The summed E-state index contributed by atoms with van der Waals surface area (Å²) in [6, 6.07) is 11.2. The zero-order valence-electron chi connectivity index (χ0n) is 11.6. The molecule has 106 valence electrons. The van der Waals surface area contributed by atoms with E-state index in [0.717, 1.165) is 21.3 Å². The molecule has 1 atom stereocenters. The van der Waals surface area contributed by atoms with Crippen molar-refractivity contribution in [2.45, 2.75) is 19.9 Å². The number of halogens is 2. The molecule has 0 aliphatic heterocycles. The summed E-state index contributed by atoms with van der Waals surface area (Å²) in [5, 5.41) is 3.40. The molecule has 4 heteroatoms. The number of nitrogens with one attached hydrogen (secondary N) is 1. The highest BCUT2D eigenvalue weighted by Crippen LogP contribution is 2.24. The van der Waals surface area contributed by atoms with Gasteiger partial charge in [0.1, 0.15) is 5.82 Å². The molecule has 0 fully saturated rings. The lowest BCUT2D eigenvalue weighted by atomic mass is 10.0. The second-order valence-corrected chi connectivity index (χ2v) is 5.87. The number of rotatable bonds is 4. The van der Waals surface area contributed by atoms with Crippen molar-refractivity contribution in [1.29, 1.82) is 0 Å². The first kappa shape index (κ1) is 15.0. The van der Waals surface area contributed by atoms with E-state index in [2.05, 4.69) is 27.3 Å². The lowest BCUT2D eigenvalue weighted by Gasteiger charge is -2.20. The molecule has 3 N–H and O–H groups in total. The van der Waals surface area contributed by atoms with Crippen LogP contribution in [0.5, 0.6) is 0 Å². The Kier molecular flexibility index (Phi) is 4.78. The SMILES string of the molecule is Cc1cc(Br)cc(NC(CN)c2ccc(F)c(C)c2)c1. The van der Waals surface area contributed by atoms with Gasteiger partial charge in [-0.1, -0.05) is 28.1 Å². The summed E-state index contributed by atoms with van der Waals surface area (Å²) in [4.78, 5) is 0. The molecule has 2 rings (SSSR count). The average molecular weight is 337 g/mol. The Balaban J connectivity index is 2.26. The zero-order valence-corrected chi connectivity index (χ0v) is 13.2. The summed E-state index contributed by atoms with van der Waals surface area (Å²) < 4.78 is 14.4. The van der Waals surface area contributed by atoms with Crippen molar-refractivity contribution in [1.82, 2.24) is 0 Å². The molecule has 0 spiro atoms. The van der Waals surface area contributed by atoms with Crippen molar-refractivity contribution < 1.29 is 4.39 Å². The fourth-order valence-corrected chi connectivity index (χ4v) is 2.79. The van der Waals surface area contributed by atoms with Crippen LogP contribution >= 0.6 is 15.9 Å². The molecule has 0 saturated carbocycles. The molecule has 2 nitrogen and oxygen atoms in total. The average Bonchev–Trinajstić information content (AvgIpc) is 2.38. The van der Waals surface area contributed by atoms with E-state index in [1.54, 1.807) is 13.0 Å². The van der Waals surface area contributed by atoms with Crippen LogP contribution < -0.4 is 11.1 Å². The predicted molar refractivity (Wildman–Crippen MR) is 85.4 cm³/mol. The van der Waals surface area contributed by atoms with Gasteiger partial charge < -0.3 is 11.1 Å². The number of benzene rings is 2. The van der Waals surface area contributed by atoms with Crippen LogP contribution in [0.1, 0.15) is 22.7 Å². The molecule has 0 saturated heterocycles. The highest BCUT2D eigenvalue weighted by Gasteiger charge is 2.11. The first-order chi connectivity index (χ1) is 9.49. The van der Waals surface area contributed by atoms with Crippen molar-refractivity contribution >= 4 is 21.6 Å². The maximum atomic E-state index is 13.3. The van der Waals surface area contributed by atoms with Gasteiger partial charge in [0, 0.05) is 16.7 Å². The topological polar surface area (TPSA) is 38.0 Å². The van der Waals surface area contributed by atoms with Crippen LogP contribution in [-0.4, -0.2) is 6.54 Å². The summed E-state index contributed by atoms with van der Waals surface area (Å²) in [7, 11) is 0. The Morgan fingerprint density at radius 3 is 2.55 bits per heavy atom. The van der Waals surface area contributed by atoms with Gasteiger partial charge in [-0.25, -0.2) is 4.39 Å². The molecule has 0 heterocycles. The van der Waals surface area contributed by atoms with Crippen LogP contribution in [0.15, 0.2) is 40.9 Å². The van der Waals surface area contributed by atoms with Gasteiger partial charge in [0.2, 0.25) is 0 Å². The van der Waals surface area contributed by atoms with Gasteiger partial charge in [-0.2, -0.15) is 0 Å². The lowest BCUT2D eigenvalue weighted by Crippen LogP contribution is -2.20. The maximum absolute atomic E-state index is 13.3. The first-order valence-electron chi connectivity index (χ1n) is 6.49. The molecule has 0 bridgehead atoms. The number of hydrogen-bond donors (Lipinski definition) is 2. The van der Waals surface area contributed by atoms with Crippen LogP contribution in [-0.2, 0) is 0 Å². The number of hydrogen-bond acceptors (Lipinski definition) is 2. The molecule has 0 radical (unpaired) electrons. The van der Waals surface area contributed by atoms with E-state index >= 15 is 0 Å². The van der Waals surface area contributed by atoms with Gasteiger partial charge in [-0.05, 0) is 54.8 Å². The van der Waals surface area contributed by atoms with Crippen molar-refractivity contribution in [3.63, 3.8) is 0 Å². The van der Waals surface area contributed by atoms with E-state index in [9.17, 15) is 4.39 Å². The third-order valence-electron chi connectivity index (χ3n) is 3.20. The van der Waals surface area contributed by atoms with Crippen molar-refractivity contribution in [3.8, 4) is 0 Å². The van der Waals surface area contributed by atoms with Crippen molar-refractivity contribution in [3.05, 3.63) is 63.4 Å². The Bertz CT molecular complexity index is 593. The second-order valence-electron chi connectivity index (χ2n) is 4.96.